The first kappa shape index (κ1) is 25.7. The summed E-state index contributed by atoms with van der Waals surface area (Å²) in [6, 6.07) is 13.4. The third-order valence-corrected chi connectivity index (χ3v) is 8.41. The van der Waals surface area contributed by atoms with E-state index in [0.29, 0.717) is 17.9 Å². The molecule has 0 bridgehead atoms. The molecule has 1 fully saturated rings. The Morgan fingerprint density at radius 3 is 2.38 bits per heavy atom. The number of hydrogen-bond donors (Lipinski definition) is 0. The van der Waals surface area contributed by atoms with Crippen LogP contribution in [0.3, 0.4) is 0 Å². The first-order valence-corrected chi connectivity index (χ1v) is 13.9. The molecule has 196 valence electrons. The minimum atomic E-state index is 0.310. The quantitative estimate of drug-likeness (QED) is 0.396. The van der Waals surface area contributed by atoms with E-state index in [4.69, 9.17) is 14.7 Å². The van der Waals surface area contributed by atoms with Crippen LogP contribution >= 0.6 is 0 Å². The van der Waals surface area contributed by atoms with E-state index in [9.17, 15) is 0 Å². The predicted octanol–water partition coefficient (Wildman–Crippen LogP) is 6.62. The molecule has 3 heterocycles. The van der Waals surface area contributed by atoms with Gasteiger partial charge in [-0.15, -0.1) is 0 Å². The number of hydrogen-bond acceptors (Lipinski definition) is 5. The van der Waals surface area contributed by atoms with E-state index in [-0.39, 0.29) is 0 Å². The molecule has 2 aliphatic heterocycles. The van der Waals surface area contributed by atoms with Crippen LogP contribution in [0.1, 0.15) is 66.6 Å². The van der Waals surface area contributed by atoms with Gasteiger partial charge >= 0.3 is 0 Å². The topological polar surface area (TPSA) is 41.5 Å². The Hall–Kier alpha value is -2.92. The van der Waals surface area contributed by atoms with Crippen LogP contribution in [0.4, 0.5) is 11.5 Å². The third kappa shape index (κ3) is 4.98. The van der Waals surface area contributed by atoms with Gasteiger partial charge in [-0.3, -0.25) is 0 Å². The van der Waals surface area contributed by atoms with Gasteiger partial charge in [0.25, 0.3) is 0 Å². The average Bonchev–Trinajstić information content (AvgIpc) is 2.88. The van der Waals surface area contributed by atoms with Gasteiger partial charge in [-0.05, 0) is 67.3 Å². The van der Waals surface area contributed by atoms with E-state index in [1.165, 1.54) is 44.8 Å². The first-order chi connectivity index (χ1) is 17.8. The summed E-state index contributed by atoms with van der Waals surface area (Å²) >= 11 is 0. The van der Waals surface area contributed by atoms with E-state index in [2.05, 4.69) is 87.7 Å². The number of rotatable bonds is 5. The summed E-state index contributed by atoms with van der Waals surface area (Å²) in [5, 5.41) is 0. The van der Waals surface area contributed by atoms with Gasteiger partial charge in [0.2, 0.25) is 0 Å². The molecule has 37 heavy (non-hydrogen) atoms. The largest absolute Gasteiger partial charge is 0.381 e. The molecule has 0 saturated carbocycles. The Kier molecular flexibility index (Phi) is 7.26. The lowest BCUT2D eigenvalue weighted by Gasteiger charge is -2.40. The number of anilines is 2. The highest BCUT2D eigenvalue weighted by Crippen LogP contribution is 2.36. The summed E-state index contributed by atoms with van der Waals surface area (Å²) in [7, 11) is 1.84. The van der Waals surface area contributed by atoms with Crippen molar-refractivity contribution >= 4 is 11.5 Å². The van der Waals surface area contributed by atoms with Crippen molar-refractivity contribution < 1.29 is 4.74 Å². The molecule has 5 nitrogen and oxygen atoms in total. The Balaban J connectivity index is 1.59. The maximum Gasteiger partial charge on any atom is 0.162 e. The van der Waals surface area contributed by atoms with E-state index >= 15 is 0 Å². The monoisotopic (exact) mass is 498 g/mol. The molecule has 2 aromatic carbocycles. The third-order valence-electron chi connectivity index (χ3n) is 8.41. The van der Waals surface area contributed by atoms with Gasteiger partial charge < -0.3 is 14.5 Å². The number of aryl methyl sites for hydroxylation is 3. The number of ether oxygens (including phenoxy) is 1. The molecule has 2 aliphatic rings. The summed E-state index contributed by atoms with van der Waals surface area (Å²) in [6.45, 7) is 17.1. The van der Waals surface area contributed by atoms with Crippen molar-refractivity contribution in [2.75, 3.05) is 36.5 Å². The molecule has 5 heteroatoms. The van der Waals surface area contributed by atoms with Gasteiger partial charge in [-0.1, -0.05) is 51.1 Å². The van der Waals surface area contributed by atoms with Gasteiger partial charge in [0.15, 0.2) is 5.82 Å². The Labute approximate surface area is 222 Å². The van der Waals surface area contributed by atoms with Crippen molar-refractivity contribution in [3.63, 3.8) is 0 Å². The van der Waals surface area contributed by atoms with Crippen LogP contribution in [0.2, 0.25) is 0 Å². The second-order valence-corrected chi connectivity index (χ2v) is 11.4. The van der Waals surface area contributed by atoms with Gasteiger partial charge in [0, 0.05) is 56.5 Å². The minimum Gasteiger partial charge on any atom is -0.381 e. The average molecular weight is 499 g/mol. The van der Waals surface area contributed by atoms with Crippen molar-refractivity contribution in [1.82, 2.24) is 9.97 Å². The number of aromatic nitrogens is 2. The molecule has 0 radical (unpaired) electrons. The SMILES string of the molecule is CO[C@H]1CCN(c2nc(-c3c(C)cccc3C)nc3c2CN(c2cc(C(C)C)ccc2C)CC3)C[C@@H]1C. The van der Waals surface area contributed by atoms with Crippen LogP contribution in [-0.4, -0.2) is 42.8 Å². The van der Waals surface area contributed by atoms with Crippen LogP contribution in [0, 0.1) is 26.7 Å². The molecule has 3 aromatic rings. The van der Waals surface area contributed by atoms with Crippen molar-refractivity contribution in [3.8, 4) is 11.4 Å². The fourth-order valence-corrected chi connectivity index (χ4v) is 6.14. The maximum absolute atomic E-state index is 5.78. The van der Waals surface area contributed by atoms with Gasteiger partial charge in [-0.2, -0.15) is 0 Å². The van der Waals surface area contributed by atoms with E-state index in [1.807, 2.05) is 7.11 Å². The normalized spacial score (nSPS) is 19.9. The highest BCUT2D eigenvalue weighted by molar-refractivity contribution is 5.68. The molecule has 0 unspecified atom stereocenters. The molecular formula is C32H42N4O. The lowest BCUT2D eigenvalue weighted by Crippen LogP contribution is -2.44. The van der Waals surface area contributed by atoms with Crippen molar-refractivity contribution in [1.29, 1.82) is 0 Å². The number of benzene rings is 2. The Morgan fingerprint density at radius 2 is 1.70 bits per heavy atom. The van der Waals surface area contributed by atoms with Gasteiger partial charge in [-0.25, -0.2) is 9.97 Å². The molecule has 2 atom stereocenters. The van der Waals surface area contributed by atoms with Crippen LogP contribution in [-0.2, 0) is 17.7 Å². The lowest BCUT2D eigenvalue weighted by molar-refractivity contribution is 0.0443. The zero-order chi connectivity index (χ0) is 26.3. The van der Waals surface area contributed by atoms with Crippen molar-refractivity contribution in [2.45, 2.75) is 73.0 Å². The number of nitrogens with zero attached hydrogens (tertiary/aromatic N) is 4. The lowest BCUT2D eigenvalue weighted by atomic mass is 9.94. The second-order valence-electron chi connectivity index (χ2n) is 11.4. The summed E-state index contributed by atoms with van der Waals surface area (Å²) in [4.78, 5) is 15.6. The fourth-order valence-electron chi connectivity index (χ4n) is 6.14. The zero-order valence-corrected chi connectivity index (χ0v) is 23.6. The van der Waals surface area contributed by atoms with Gasteiger partial charge in [0.1, 0.15) is 5.82 Å². The van der Waals surface area contributed by atoms with Gasteiger partial charge in [0.05, 0.1) is 11.8 Å². The molecule has 0 N–H and O–H groups in total. The number of piperidine rings is 1. The maximum atomic E-state index is 5.78. The summed E-state index contributed by atoms with van der Waals surface area (Å²) in [6.07, 6.45) is 2.26. The van der Waals surface area contributed by atoms with Crippen molar-refractivity contribution in [3.05, 3.63) is 69.9 Å². The summed E-state index contributed by atoms with van der Waals surface area (Å²) < 4.78 is 5.78. The second kappa shape index (κ2) is 10.4. The Bertz CT molecular complexity index is 1260. The van der Waals surface area contributed by atoms with E-state index < -0.39 is 0 Å². The number of methoxy groups -OCH3 is 1. The molecule has 1 aromatic heterocycles. The summed E-state index contributed by atoms with van der Waals surface area (Å²) in [5.74, 6) is 2.96. The van der Waals surface area contributed by atoms with Crippen LogP contribution < -0.4 is 9.80 Å². The van der Waals surface area contributed by atoms with Crippen LogP contribution in [0.25, 0.3) is 11.4 Å². The standard InChI is InChI=1S/C32H42N4O/c1-20(2)25-12-11-21(3)28(17-25)35-15-13-27-26(19-35)32(36-16-14-29(37-7)24(6)18-36)34-31(33-27)30-22(4)9-8-10-23(30)5/h8-12,17,20,24,29H,13-16,18-19H2,1-7H3/t24-,29-/m0/s1. The van der Waals surface area contributed by atoms with Crippen molar-refractivity contribution in [2.24, 2.45) is 5.92 Å². The fraction of sp³-hybridized carbons (Fsp3) is 0.500. The highest BCUT2D eigenvalue weighted by atomic mass is 16.5. The minimum absolute atomic E-state index is 0.310. The molecule has 0 amide bonds. The summed E-state index contributed by atoms with van der Waals surface area (Å²) in [5.41, 5.74) is 10.2. The zero-order valence-electron chi connectivity index (χ0n) is 23.6. The molecular weight excluding hydrogens is 456 g/mol. The smallest absolute Gasteiger partial charge is 0.162 e. The van der Waals surface area contributed by atoms with Crippen LogP contribution in [0.5, 0.6) is 0 Å². The molecule has 0 aliphatic carbocycles. The molecule has 1 saturated heterocycles. The van der Waals surface area contributed by atoms with Crippen LogP contribution in [0.15, 0.2) is 36.4 Å². The molecule has 5 rings (SSSR count). The first-order valence-electron chi connectivity index (χ1n) is 13.9. The van der Waals surface area contributed by atoms with E-state index in [0.717, 1.165) is 50.7 Å². The Morgan fingerprint density at radius 1 is 0.946 bits per heavy atom. The highest BCUT2D eigenvalue weighted by Gasteiger charge is 2.32. The predicted molar refractivity (Wildman–Crippen MR) is 154 cm³/mol. The number of fused-ring (bicyclic) bond motifs is 1. The molecule has 0 spiro atoms. The van der Waals surface area contributed by atoms with E-state index in [1.54, 1.807) is 0 Å².